The molecule has 0 saturated heterocycles. The first-order valence-corrected chi connectivity index (χ1v) is 24.8. The van der Waals surface area contributed by atoms with E-state index in [1.54, 1.807) is 16.8 Å². The summed E-state index contributed by atoms with van der Waals surface area (Å²) in [7, 11) is 0. The van der Waals surface area contributed by atoms with Gasteiger partial charge in [0.1, 0.15) is 5.60 Å². The van der Waals surface area contributed by atoms with Crippen molar-refractivity contribution in [2.24, 2.45) is 0 Å². The molecule has 2 heterocycles. The van der Waals surface area contributed by atoms with Gasteiger partial charge < -0.3 is 4.74 Å². The Hall–Kier alpha value is -3.14. The molecule has 8 nitrogen and oxygen atoms in total. The van der Waals surface area contributed by atoms with Crippen LogP contribution in [-0.4, -0.2) is 61.1 Å². The Bertz CT molecular complexity index is 1640. The molecule has 4 aromatic rings. The van der Waals surface area contributed by atoms with E-state index in [1.807, 2.05) is 65.8 Å². The predicted molar refractivity (Wildman–Crippen MR) is 194 cm³/mol. The fourth-order valence-electron chi connectivity index (χ4n) is 6.12. The van der Waals surface area contributed by atoms with Crippen LogP contribution in [0, 0.1) is 0 Å². The third-order valence-corrected chi connectivity index (χ3v) is 24.1. The number of fused-ring (bicyclic) bond motifs is 1. The summed E-state index contributed by atoms with van der Waals surface area (Å²) in [6.07, 6.45) is 8.05. The van der Waals surface area contributed by atoms with Crippen LogP contribution in [0.4, 0.5) is 9.59 Å². The molecule has 0 aliphatic heterocycles. The van der Waals surface area contributed by atoms with E-state index in [-0.39, 0.29) is 0 Å². The van der Waals surface area contributed by atoms with Gasteiger partial charge in [-0.1, -0.05) is 0 Å². The van der Waals surface area contributed by atoms with Crippen molar-refractivity contribution in [3.63, 3.8) is 0 Å². The van der Waals surface area contributed by atoms with E-state index in [2.05, 4.69) is 44.1 Å². The monoisotopic (exact) mass is 750 g/mol. The molecule has 0 bridgehead atoms. The SMILES string of the molecule is CCC[CH2][Sn]([CH2]CCC)([CH2]CCC)[c]1ccc2nc(-c3ccc(-c4ccn(C(=O)OC(C)(C)C)n4)cc3)n(C(=O)OC(C)(C)C)c2c1. The van der Waals surface area contributed by atoms with Crippen LogP contribution in [0.2, 0.25) is 13.3 Å². The van der Waals surface area contributed by atoms with Gasteiger partial charge in [-0.05, 0) is 20.8 Å². The molecule has 254 valence electrons. The van der Waals surface area contributed by atoms with Crippen LogP contribution < -0.4 is 3.58 Å². The van der Waals surface area contributed by atoms with Crippen LogP contribution in [0.5, 0.6) is 0 Å². The molecule has 0 aliphatic rings. The minimum atomic E-state index is -2.79. The first kappa shape index (κ1) is 36.7. The number of hydrogen-bond acceptors (Lipinski definition) is 6. The van der Waals surface area contributed by atoms with Crippen molar-refractivity contribution in [1.29, 1.82) is 0 Å². The molecule has 0 radical (unpaired) electrons. The molecule has 9 heteroatoms. The van der Waals surface area contributed by atoms with Gasteiger partial charge in [0, 0.05) is 0 Å². The summed E-state index contributed by atoms with van der Waals surface area (Å²) in [4.78, 5) is 31.4. The van der Waals surface area contributed by atoms with Crippen molar-refractivity contribution in [3.8, 4) is 22.6 Å². The molecular weight excluding hydrogens is 695 g/mol. The van der Waals surface area contributed by atoms with E-state index in [4.69, 9.17) is 14.5 Å². The average Bonchev–Trinajstić information content (AvgIpc) is 3.65. The van der Waals surface area contributed by atoms with Gasteiger partial charge in [-0.3, -0.25) is 0 Å². The first-order valence-electron chi connectivity index (χ1n) is 17.4. The normalized spacial score (nSPS) is 12.4. The maximum atomic E-state index is 13.9. The van der Waals surface area contributed by atoms with E-state index < -0.39 is 41.8 Å². The quantitative estimate of drug-likeness (QED) is 0.134. The Morgan fingerprint density at radius 3 is 1.79 bits per heavy atom. The molecule has 0 N–H and O–H groups in total. The van der Waals surface area contributed by atoms with Gasteiger partial charge in [0.05, 0.1) is 0 Å². The van der Waals surface area contributed by atoms with Crippen molar-refractivity contribution >= 4 is 45.2 Å². The summed E-state index contributed by atoms with van der Waals surface area (Å²) < 4.78 is 19.8. The summed E-state index contributed by atoms with van der Waals surface area (Å²) in [6.45, 7) is 18.0. The third kappa shape index (κ3) is 9.27. The number of ether oxygens (including phenoxy) is 2. The number of aromatic nitrogens is 4. The first-order chi connectivity index (χ1) is 22.2. The maximum absolute atomic E-state index is 13.9. The molecule has 0 spiro atoms. The Labute approximate surface area is 285 Å². The van der Waals surface area contributed by atoms with Crippen LogP contribution in [0.1, 0.15) is 101 Å². The second-order valence-electron chi connectivity index (χ2n) is 14.7. The zero-order chi connectivity index (χ0) is 34.4. The van der Waals surface area contributed by atoms with Gasteiger partial charge >= 0.3 is 250 Å². The van der Waals surface area contributed by atoms with Gasteiger partial charge in [0.15, 0.2) is 0 Å². The van der Waals surface area contributed by atoms with Crippen LogP contribution in [0.3, 0.4) is 0 Å². The number of hydrogen-bond donors (Lipinski definition) is 0. The predicted octanol–water partition coefficient (Wildman–Crippen LogP) is 10.2. The molecule has 0 saturated carbocycles. The zero-order valence-corrected chi connectivity index (χ0v) is 32.8. The number of nitrogens with zero attached hydrogens (tertiary/aromatic N) is 4. The number of benzene rings is 2. The molecule has 0 atom stereocenters. The van der Waals surface area contributed by atoms with Crippen molar-refractivity contribution in [1.82, 2.24) is 19.3 Å². The Morgan fingerprint density at radius 2 is 1.26 bits per heavy atom. The van der Waals surface area contributed by atoms with Crippen molar-refractivity contribution in [3.05, 3.63) is 54.7 Å². The molecule has 2 aromatic carbocycles. The van der Waals surface area contributed by atoms with E-state index in [9.17, 15) is 9.59 Å². The average molecular weight is 750 g/mol. The molecule has 0 fully saturated rings. The number of rotatable bonds is 12. The fourth-order valence-corrected chi connectivity index (χ4v) is 22.1. The molecule has 0 aliphatic carbocycles. The van der Waals surface area contributed by atoms with E-state index in [0.29, 0.717) is 11.5 Å². The topological polar surface area (TPSA) is 88.2 Å². The van der Waals surface area contributed by atoms with Crippen LogP contribution >= 0.6 is 0 Å². The number of carbonyl (C=O) groups excluding carboxylic acids is 2. The Morgan fingerprint density at radius 1 is 0.723 bits per heavy atom. The molecule has 0 unspecified atom stereocenters. The van der Waals surface area contributed by atoms with E-state index in [1.165, 1.54) is 60.1 Å². The second kappa shape index (κ2) is 15.4. The van der Waals surface area contributed by atoms with E-state index in [0.717, 1.165) is 22.2 Å². The van der Waals surface area contributed by atoms with Crippen molar-refractivity contribution in [2.75, 3.05) is 0 Å². The molecule has 0 amide bonds. The van der Waals surface area contributed by atoms with Gasteiger partial charge in [-0.2, -0.15) is 0 Å². The van der Waals surface area contributed by atoms with E-state index >= 15 is 0 Å². The van der Waals surface area contributed by atoms with Crippen LogP contribution in [0.15, 0.2) is 54.7 Å². The summed E-state index contributed by atoms with van der Waals surface area (Å²) in [5.74, 6) is 0.550. The van der Waals surface area contributed by atoms with Gasteiger partial charge in [0.2, 0.25) is 0 Å². The van der Waals surface area contributed by atoms with Gasteiger partial charge in [0.25, 0.3) is 0 Å². The van der Waals surface area contributed by atoms with Crippen LogP contribution in [-0.2, 0) is 9.47 Å². The summed E-state index contributed by atoms with van der Waals surface area (Å²) in [5, 5.41) is 4.44. The second-order valence-corrected chi connectivity index (χ2v) is 28.0. The molecule has 47 heavy (non-hydrogen) atoms. The Kier molecular flexibility index (Phi) is 12.0. The molecule has 2 aromatic heterocycles. The zero-order valence-electron chi connectivity index (χ0n) is 30.0. The fraction of sp³-hybridized carbons (Fsp3) is 0.526. The summed E-state index contributed by atoms with van der Waals surface area (Å²) in [6, 6.07) is 16.3. The summed E-state index contributed by atoms with van der Waals surface area (Å²) in [5.41, 5.74) is 2.60. The van der Waals surface area contributed by atoms with Crippen LogP contribution in [0.25, 0.3) is 33.7 Å². The standard InChI is InChI=1S/C26H27N4O4.3C4H9.Sn/c1-25(2,3)33-23(31)29-16-15-19(28-29)17-11-13-18(14-12-17)22-27-20-9-7-8-10-21(20)30(22)24(32)34-26(4,5)6;3*1-3-4-2;/h7,9-16H,1-6H3;3*1,3-4H2,2H3;. The molecular formula is C38H54N4O4Sn. The Balaban J connectivity index is 1.79. The number of carbonyl (C=O) groups is 2. The van der Waals surface area contributed by atoms with Crippen molar-refractivity contribution < 1.29 is 19.1 Å². The van der Waals surface area contributed by atoms with Crippen molar-refractivity contribution in [2.45, 2.75) is 125 Å². The van der Waals surface area contributed by atoms with Gasteiger partial charge in [-0.15, -0.1) is 0 Å². The number of unbranched alkanes of at least 4 members (excludes halogenated alkanes) is 3. The number of imidazole rings is 1. The molecule has 4 rings (SSSR count). The third-order valence-electron chi connectivity index (χ3n) is 8.48. The minimum absolute atomic E-state index is 0.427. The van der Waals surface area contributed by atoms with Gasteiger partial charge in [-0.25, -0.2) is 4.79 Å². The summed E-state index contributed by atoms with van der Waals surface area (Å²) >= 11 is -2.79.